The third kappa shape index (κ3) is 2.04. The number of carbonyl (C=O) groups is 1. The van der Waals surface area contributed by atoms with Gasteiger partial charge < -0.3 is 14.0 Å². The van der Waals surface area contributed by atoms with Gasteiger partial charge in [0.2, 0.25) is 11.2 Å². The molecule has 0 amide bonds. The Labute approximate surface area is 124 Å². The van der Waals surface area contributed by atoms with Gasteiger partial charge in [-0.3, -0.25) is 4.79 Å². The second kappa shape index (κ2) is 5.08. The van der Waals surface area contributed by atoms with E-state index in [9.17, 15) is 18.4 Å². The third-order valence-electron chi connectivity index (χ3n) is 3.48. The molecule has 2 heterocycles. The highest BCUT2D eigenvalue weighted by molar-refractivity contribution is 5.95. The number of ether oxygens (including phenoxy) is 2. The lowest BCUT2D eigenvalue weighted by Gasteiger charge is -2.26. The lowest BCUT2D eigenvalue weighted by atomic mass is 10.1. The lowest BCUT2D eigenvalue weighted by Crippen LogP contribution is -2.30. The summed E-state index contributed by atoms with van der Waals surface area (Å²) in [6, 6.07) is 0.787. The number of esters is 1. The maximum atomic E-state index is 13.9. The van der Waals surface area contributed by atoms with Crippen molar-refractivity contribution in [2.75, 3.05) is 6.61 Å². The molecule has 0 aliphatic carbocycles. The molecule has 7 heteroatoms. The van der Waals surface area contributed by atoms with Crippen molar-refractivity contribution < 1.29 is 23.0 Å². The average Bonchev–Trinajstić information content (AvgIpc) is 2.47. The highest BCUT2D eigenvalue weighted by Crippen LogP contribution is 2.33. The van der Waals surface area contributed by atoms with Crippen LogP contribution in [0.15, 0.2) is 17.1 Å². The summed E-state index contributed by atoms with van der Waals surface area (Å²) in [6.07, 6.45) is 0.882. The van der Waals surface area contributed by atoms with Gasteiger partial charge >= 0.3 is 5.97 Å². The van der Waals surface area contributed by atoms with E-state index in [1.807, 2.05) is 0 Å². The monoisotopic (exact) mass is 309 g/mol. The molecule has 1 aliphatic heterocycles. The summed E-state index contributed by atoms with van der Waals surface area (Å²) in [7, 11) is 0. The Morgan fingerprint density at radius 1 is 1.50 bits per heavy atom. The Kier molecular flexibility index (Phi) is 3.35. The van der Waals surface area contributed by atoms with Crippen LogP contribution in [0.1, 0.15) is 24.2 Å². The molecule has 3 rings (SSSR count). The summed E-state index contributed by atoms with van der Waals surface area (Å²) in [6.45, 7) is 3.71. The minimum absolute atomic E-state index is 0.105. The molecule has 1 aromatic carbocycles. The van der Waals surface area contributed by atoms with Crippen molar-refractivity contribution in [3.8, 4) is 5.75 Å². The zero-order chi connectivity index (χ0) is 16.0. The fourth-order valence-corrected chi connectivity index (χ4v) is 2.60. The average molecular weight is 309 g/mol. The first kappa shape index (κ1) is 14.5. The van der Waals surface area contributed by atoms with Crippen molar-refractivity contribution in [1.29, 1.82) is 0 Å². The first-order chi connectivity index (χ1) is 10.4. The molecule has 0 spiro atoms. The molecular weight excluding hydrogens is 296 g/mol. The molecule has 0 saturated carbocycles. The van der Waals surface area contributed by atoms with Gasteiger partial charge in [0.25, 0.3) is 0 Å². The van der Waals surface area contributed by atoms with E-state index in [4.69, 9.17) is 9.47 Å². The first-order valence-electron chi connectivity index (χ1n) is 6.83. The SMILES string of the molecule is CCOC(=O)c1cn2c3c(c(F)c(F)cc3c1=O)OC(C)C2. The van der Waals surface area contributed by atoms with Crippen LogP contribution >= 0.6 is 0 Å². The zero-order valence-corrected chi connectivity index (χ0v) is 12.0. The zero-order valence-electron chi connectivity index (χ0n) is 12.0. The van der Waals surface area contributed by atoms with Gasteiger partial charge in [-0.25, -0.2) is 9.18 Å². The van der Waals surface area contributed by atoms with E-state index in [2.05, 4.69) is 0 Å². The molecule has 0 N–H and O–H groups in total. The van der Waals surface area contributed by atoms with E-state index in [1.165, 1.54) is 10.8 Å². The number of pyridine rings is 1. The first-order valence-corrected chi connectivity index (χ1v) is 6.83. The second-order valence-corrected chi connectivity index (χ2v) is 5.07. The van der Waals surface area contributed by atoms with Crippen molar-refractivity contribution in [2.45, 2.75) is 26.5 Å². The summed E-state index contributed by atoms with van der Waals surface area (Å²) in [5.74, 6) is -3.43. The Balaban J connectivity index is 2.38. The van der Waals surface area contributed by atoms with Crippen molar-refractivity contribution in [1.82, 2.24) is 4.57 Å². The highest BCUT2D eigenvalue weighted by atomic mass is 19.2. The third-order valence-corrected chi connectivity index (χ3v) is 3.48. The minimum atomic E-state index is -1.19. The van der Waals surface area contributed by atoms with Gasteiger partial charge in [0.1, 0.15) is 11.7 Å². The molecule has 1 aromatic heterocycles. The van der Waals surface area contributed by atoms with E-state index >= 15 is 0 Å². The molecule has 0 radical (unpaired) electrons. The van der Waals surface area contributed by atoms with Gasteiger partial charge in [-0.2, -0.15) is 4.39 Å². The number of nitrogens with zero attached hydrogens (tertiary/aromatic N) is 1. The molecule has 116 valence electrons. The largest absolute Gasteiger partial charge is 0.483 e. The van der Waals surface area contributed by atoms with Crippen LogP contribution in [0.3, 0.4) is 0 Å². The van der Waals surface area contributed by atoms with Gasteiger partial charge in [-0.05, 0) is 19.9 Å². The Hall–Kier alpha value is -2.44. The Morgan fingerprint density at radius 3 is 2.91 bits per heavy atom. The summed E-state index contributed by atoms with van der Waals surface area (Å²) < 4.78 is 39.3. The highest BCUT2D eigenvalue weighted by Gasteiger charge is 2.28. The minimum Gasteiger partial charge on any atom is -0.483 e. The van der Waals surface area contributed by atoms with Crippen LogP contribution in [0.25, 0.3) is 10.9 Å². The Bertz CT molecular complexity index is 844. The number of halogens is 2. The second-order valence-electron chi connectivity index (χ2n) is 5.07. The summed E-state index contributed by atoms with van der Waals surface area (Å²) >= 11 is 0. The smallest absolute Gasteiger partial charge is 0.343 e. The fourth-order valence-electron chi connectivity index (χ4n) is 2.60. The van der Waals surface area contributed by atoms with Gasteiger partial charge in [0.15, 0.2) is 11.6 Å². The van der Waals surface area contributed by atoms with Crippen molar-refractivity contribution in [2.24, 2.45) is 0 Å². The molecule has 1 aliphatic rings. The quantitative estimate of drug-likeness (QED) is 0.798. The van der Waals surface area contributed by atoms with Crippen LogP contribution in [0.5, 0.6) is 5.75 Å². The molecule has 0 saturated heterocycles. The molecule has 1 unspecified atom stereocenters. The normalized spacial score (nSPS) is 16.5. The van der Waals surface area contributed by atoms with E-state index in [0.29, 0.717) is 6.54 Å². The van der Waals surface area contributed by atoms with Crippen LogP contribution in [0, 0.1) is 11.6 Å². The van der Waals surface area contributed by atoms with Crippen molar-refractivity contribution >= 4 is 16.9 Å². The fraction of sp³-hybridized carbons (Fsp3) is 0.333. The standard InChI is InChI=1S/C15H13F2NO4/c1-3-21-15(20)9-6-18-5-7(2)22-14-11(17)10(16)4-8(12(14)18)13(9)19/h4,6-7H,3,5H2,1-2H3. The number of hydrogen-bond acceptors (Lipinski definition) is 4. The van der Waals surface area contributed by atoms with Crippen LogP contribution in [0.2, 0.25) is 0 Å². The van der Waals surface area contributed by atoms with E-state index in [-0.39, 0.29) is 28.8 Å². The number of hydrogen-bond donors (Lipinski definition) is 0. The number of carbonyl (C=O) groups excluding carboxylic acids is 1. The van der Waals surface area contributed by atoms with Crippen LogP contribution in [0.4, 0.5) is 8.78 Å². The van der Waals surface area contributed by atoms with Gasteiger partial charge in [-0.1, -0.05) is 0 Å². The van der Waals surface area contributed by atoms with Crippen LogP contribution in [-0.4, -0.2) is 23.2 Å². The van der Waals surface area contributed by atoms with E-state index in [0.717, 1.165) is 6.07 Å². The summed E-state index contributed by atoms with van der Waals surface area (Å²) in [4.78, 5) is 24.3. The van der Waals surface area contributed by atoms with Crippen molar-refractivity contribution in [3.63, 3.8) is 0 Å². The molecule has 0 bridgehead atoms. The van der Waals surface area contributed by atoms with E-state index < -0.39 is 29.1 Å². The number of rotatable bonds is 2. The van der Waals surface area contributed by atoms with Crippen LogP contribution < -0.4 is 10.2 Å². The molecule has 5 nitrogen and oxygen atoms in total. The van der Waals surface area contributed by atoms with Gasteiger partial charge in [-0.15, -0.1) is 0 Å². The predicted octanol–water partition coefficient (Wildman–Crippen LogP) is 2.24. The molecule has 1 atom stereocenters. The van der Waals surface area contributed by atoms with Crippen molar-refractivity contribution in [3.05, 3.63) is 39.7 Å². The topological polar surface area (TPSA) is 57.5 Å². The summed E-state index contributed by atoms with van der Waals surface area (Å²) in [5.41, 5.74) is -0.765. The maximum Gasteiger partial charge on any atom is 0.343 e. The number of benzene rings is 1. The molecule has 0 fully saturated rings. The summed E-state index contributed by atoms with van der Waals surface area (Å²) in [5, 5.41) is -0.105. The van der Waals surface area contributed by atoms with Crippen LogP contribution in [-0.2, 0) is 11.3 Å². The molecular formula is C15H13F2NO4. The molecule has 22 heavy (non-hydrogen) atoms. The van der Waals surface area contributed by atoms with E-state index in [1.54, 1.807) is 13.8 Å². The number of aromatic nitrogens is 1. The van der Waals surface area contributed by atoms with Gasteiger partial charge in [0, 0.05) is 6.20 Å². The van der Waals surface area contributed by atoms with Gasteiger partial charge in [0.05, 0.1) is 24.1 Å². The maximum absolute atomic E-state index is 13.9. The Morgan fingerprint density at radius 2 is 2.23 bits per heavy atom. The predicted molar refractivity (Wildman–Crippen MR) is 74.2 cm³/mol. The molecule has 2 aromatic rings. The lowest BCUT2D eigenvalue weighted by molar-refractivity contribution is 0.0523.